The molecule has 0 spiro atoms. The highest BCUT2D eigenvalue weighted by Gasteiger charge is 2.38. The summed E-state index contributed by atoms with van der Waals surface area (Å²) in [7, 11) is 0. The van der Waals surface area contributed by atoms with Crippen LogP contribution in [0.2, 0.25) is 0 Å². The second-order valence-corrected chi connectivity index (χ2v) is 7.76. The van der Waals surface area contributed by atoms with E-state index < -0.39 is 6.10 Å². The lowest BCUT2D eigenvalue weighted by atomic mass is 9.98. The van der Waals surface area contributed by atoms with Crippen molar-refractivity contribution in [2.75, 3.05) is 19.6 Å². The second-order valence-electron chi connectivity index (χ2n) is 7.76. The van der Waals surface area contributed by atoms with Gasteiger partial charge >= 0.3 is 0 Å². The monoisotopic (exact) mass is 328 g/mol. The number of β-amino-alcohol motifs (C(OH)–C–C–N with tert-alkyl or cyclic N) is 1. The summed E-state index contributed by atoms with van der Waals surface area (Å²) in [6.07, 6.45) is 6.20. The SMILES string of the molecule is O=C(CCCC1CC1)N1C[C@@H](O)[C@H](N2CCc3ccccc3C2)C1. The van der Waals surface area contributed by atoms with Gasteiger partial charge in [0.1, 0.15) is 0 Å². The van der Waals surface area contributed by atoms with Crippen LogP contribution >= 0.6 is 0 Å². The van der Waals surface area contributed by atoms with Gasteiger partial charge in [0.05, 0.1) is 12.1 Å². The third-order valence-corrected chi connectivity index (χ3v) is 5.94. The first-order valence-electron chi connectivity index (χ1n) is 9.47. The summed E-state index contributed by atoms with van der Waals surface area (Å²) in [6.45, 7) is 3.06. The Morgan fingerprint density at radius 1 is 1.17 bits per heavy atom. The van der Waals surface area contributed by atoms with Crippen LogP contribution in [-0.2, 0) is 17.8 Å². The number of amides is 1. The van der Waals surface area contributed by atoms with Crippen molar-refractivity contribution in [2.24, 2.45) is 5.92 Å². The van der Waals surface area contributed by atoms with Crippen LogP contribution in [0.15, 0.2) is 24.3 Å². The number of likely N-dealkylation sites (tertiary alicyclic amines) is 1. The van der Waals surface area contributed by atoms with Gasteiger partial charge in [-0.05, 0) is 36.3 Å². The maximum absolute atomic E-state index is 12.4. The van der Waals surface area contributed by atoms with Gasteiger partial charge in [-0.25, -0.2) is 0 Å². The van der Waals surface area contributed by atoms with E-state index in [4.69, 9.17) is 0 Å². The lowest BCUT2D eigenvalue weighted by molar-refractivity contribution is -0.130. The minimum absolute atomic E-state index is 0.0886. The molecule has 1 aliphatic carbocycles. The Hall–Kier alpha value is -1.39. The fraction of sp³-hybridized carbons (Fsp3) is 0.650. The van der Waals surface area contributed by atoms with Crippen molar-refractivity contribution in [1.82, 2.24) is 9.80 Å². The molecule has 24 heavy (non-hydrogen) atoms. The van der Waals surface area contributed by atoms with E-state index in [-0.39, 0.29) is 11.9 Å². The van der Waals surface area contributed by atoms with Crippen LogP contribution in [0.3, 0.4) is 0 Å². The highest BCUT2D eigenvalue weighted by Crippen LogP contribution is 2.34. The Balaban J connectivity index is 1.32. The summed E-state index contributed by atoms with van der Waals surface area (Å²) in [4.78, 5) is 16.7. The van der Waals surface area contributed by atoms with Crippen LogP contribution in [0.1, 0.15) is 43.2 Å². The predicted molar refractivity (Wildman–Crippen MR) is 93.5 cm³/mol. The van der Waals surface area contributed by atoms with E-state index in [2.05, 4.69) is 29.2 Å². The van der Waals surface area contributed by atoms with Crippen LogP contribution in [0.4, 0.5) is 0 Å². The molecule has 3 aliphatic rings. The van der Waals surface area contributed by atoms with Gasteiger partial charge in [0, 0.05) is 32.6 Å². The van der Waals surface area contributed by atoms with Crippen molar-refractivity contribution in [2.45, 2.75) is 57.2 Å². The molecule has 1 saturated carbocycles. The van der Waals surface area contributed by atoms with Crippen LogP contribution in [0, 0.1) is 5.92 Å². The molecule has 0 unspecified atom stereocenters. The van der Waals surface area contributed by atoms with Crippen LogP contribution < -0.4 is 0 Å². The Morgan fingerprint density at radius 2 is 1.96 bits per heavy atom. The average molecular weight is 328 g/mol. The third kappa shape index (κ3) is 3.50. The molecule has 0 radical (unpaired) electrons. The van der Waals surface area contributed by atoms with Crippen LogP contribution in [0.25, 0.3) is 0 Å². The minimum atomic E-state index is -0.414. The molecule has 2 aliphatic heterocycles. The average Bonchev–Trinajstić information content (AvgIpc) is 3.34. The molecule has 4 heteroatoms. The highest BCUT2D eigenvalue weighted by atomic mass is 16.3. The smallest absolute Gasteiger partial charge is 0.222 e. The van der Waals surface area contributed by atoms with E-state index in [1.165, 1.54) is 30.4 Å². The van der Waals surface area contributed by atoms with Gasteiger partial charge in [0.25, 0.3) is 0 Å². The molecule has 1 saturated heterocycles. The second kappa shape index (κ2) is 6.85. The van der Waals surface area contributed by atoms with Crippen molar-refractivity contribution in [3.63, 3.8) is 0 Å². The summed E-state index contributed by atoms with van der Waals surface area (Å²) in [5, 5.41) is 10.5. The standard InChI is InChI=1S/C20H28N2O2/c23-19-14-22(20(24)7-3-4-15-8-9-15)13-18(19)21-11-10-16-5-1-2-6-17(16)12-21/h1-2,5-6,15,18-19,23H,3-4,7-14H2/t18-,19-/m1/s1. The largest absolute Gasteiger partial charge is 0.390 e. The first-order valence-corrected chi connectivity index (χ1v) is 9.47. The Morgan fingerprint density at radius 3 is 2.75 bits per heavy atom. The topological polar surface area (TPSA) is 43.8 Å². The Kier molecular flexibility index (Phi) is 4.59. The zero-order valence-corrected chi connectivity index (χ0v) is 14.4. The number of hydrogen-bond acceptors (Lipinski definition) is 3. The van der Waals surface area contributed by atoms with Gasteiger partial charge < -0.3 is 10.0 Å². The molecule has 1 aromatic carbocycles. The van der Waals surface area contributed by atoms with Gasteiger partial charge in [-0.2, -0.15) is 0 Å². The third-order valence-electron chi connectivity index (χ3n) is 5.94. The van der Waals surface area contributed by atoms with Gasteiger partial charge in [-0.3, -0.25) is 9.69 Å². The molecule has 1 amide bonds. The fourth-order valence-corrected chi connectivity index (χ4v) is 4.24. The first kappa shape index (κ1) is 16.1. The number of fused-ring (bicyclic) bond motifs is 1. The number of aliphatic hydroxyl groups excluding tert-OH is 1. The number of carbonyl (C=O) groups excluding carboxylic acids is 1. The number of aliphatic hydroxyl groups is 1. The van der Waals surface area contributed by atoms with Crippen molar-refractivity contribution in [3.05, 3.63) is 35.4 Å². The van der Waals surface area contributed by atoms with E-state index >= 15 is 0 Å². The van der Waals surface area contributed by atoms with Crippen molar-refractivity contribution in [1.29, 1.82) is 0 Å². The summed E-state index contributed by atoms with van der Waals surface area (Å²) in [6, 6.07) is 8.66. The lowest BCUT2D eigenvalue weighted by Gasteiger charge is -2.34. The van der Waals surface area contributed by atoms with Crippen molar-refractivity contribution in [3.8, 4) is 0 Å². The fourth-order valence-electron chi connectivity index (χ4n) is 4.24. The molecule has 2 atom stereocenters. The molecule has 1 N–H and O–H groups in total. The van der Waals surface area contributed by atoms with Gasteiger partial charge in [0.15, 0.2) is 0 Å². The van der Waals surface area contributed by atoms with E-state index in [0.29, 0.717) is 19.5 Å². The summed E-state index contributed by atoms with van der Waals surface area (Å²) >= 11 is 0. The predicted octanol–water partition coefficient (Wildman–Crippen LogP) is 2.20. The summed E-state index contributed by atoms with van der Waals surface area (Å²) < 4.78 is 0. The molecule has 4 rings (SSSR count). The quantitative estimate of drug-likeness (QED) is 0.901. The summed E-state index contributed by atoms with van der Waals surface area (Å²) in [5.41, 5.74) is 2.79. The number of rotatable bonds is 5. The molecule has 2 heterocycles. The number of carbonyl (C=O) groups is 1. The van der Waals surface area contributed by atoms with Crippen LogP contribution in [0.5, 0.6) is 0 Å². The Bertz CT molecular complexity index is 599. The summed E-state index contributed by atoms with van der Waals surface area (Å²) in [5.74, 6) is 1.12. The van der Waals surface area contributed by atoms with E-state index in [1.54, 1.807) is 0 Å². The molecule has 1 aromatic rings. The number of benzene rings is 1. The molecule has 130 valence electrons. The van der Waals surface area contributed by atoms with Crippen LogP contribution in [-0.4, -0.2) is 52.6 Å². The van der Waals surface area contributed by atoms with E-state index in [1.807, 2.05) is 4.90 Å². The van der Waals surface area contributed by atoms with E-state index in [0.717, 1.165) is 31.8 Å². The number of nitrogens with zero attached hydrogens (tertiary/aromatic N) is 2. The van der Waals surface area contributed by atoms with Crippen molar-refractivity contribution >= 4 is 5.91 Å². The molecular formula is C20H28N2O2. The van der Waals surface area contributed by atoms with Crippen molar-refractivity contribution < 1.29 is 9.90 Å². The molecule has 0 aromatic heterocycles. The Labute approximate surface area is 144 Å². The maximum atomic E-state index is 12.4. The lowest BCUT2D eigenvalue weighted by Crippen LogP contribution is -2.45. The highest BCUT2D eigenvalue weighted by molar-refractivity contribution is 5.76. The van der Waals surface area contributed by atoms with Gasteiger partial charge in [-0.15, -0.1) is 0 Å². The molecule has 4 nitrogen and oxygen atoms in total. The zero-order chi connectivity index (χ0) is 16.5. The number of hydrogen-bond donors (Lipinski definition) is 1. The van der Waals surface area contributed by atoms with Gasteiger partial charge in [0.2, 0.25) is 5.91 Å². The maximum Gasteiger partial charge on any atom is 0.222 e. The minimum Gasteiger partial charge on any atom is -0.390 e. The molecule has 0 bridgehead atoms. The zero-order valence-electron chi connectivity index (χ0n) is 14.4. The first-order chi connectivity index (χ1) is 11.7. The molecule has 2 fully saturated rings. The normalized spacial score (nSPS) is 27.3. The molecular weight excluding hydrogens is 300 g/mol. The van der Waals surface area contributed by atoms with Gasteiger partial charge in [-0.1, -0.05) is 37.1 Å². The van der Waals surface area contributed by atoms with E-state index in [9.17, 15) is 9.90 Å².